The Hall–Kier alpha value is -1.84. The van der Waals surface area contributed by atoms with Crippen LogP contribution in [0.5, 0.6) is 0 Å². The number of carbonyl (C=O) groups excluding carboxylic acids is 1. The molecule has 114 valence electrons. The van der Waals surface area contributed by atoms with Crippen LogP contribution in [0.25, 0.3) is 0 Å². The number of carboxylic acid groups (broad SMARTS) is 1. The van der Waals surface area contributed by atoms with E-state index in [0.29, 0.717) is 12.8 Å². The van der Waals surface area contributed by atoms with E-state index in [2.05, 4.69) is 5.32 Å². The third kappa shape index (κ3) is 3.63. The lowest BCUT2D eigenvalue weighted by Gasteiger charge is -2.22. The summed E-state index contributed by atoms with van der Waals surface area (Å²) in [6.45, 7) is 4.05. The standard InChI is InChI=1S/C17H23NO3/c1-3-15(12-9-7-11(2)8-10-12)18-16(19)13-5-4-6-14(13)17(20)21/h7-10,13-15H,3-6H2,1-2H3,(H,18,19)(H,20,21). The molecule has 4 heteroatoms. The fraction of sp³-hybridized carbons (Fsp3) is 0.529. The Morgan fingerprint density at radius 2 is 1.86 bits per heavy atom. The van der Waals surface area contributed by atoms with Crippen LogP contribution in [0.15, 0.2) is 24.3 Å². The second kappa shape index (κ2) is 6.74. The summed E-state index contributed by atoms with van der Waals surface area (Å²) in [5, 5.41) is 12.2. The minimum atomic E-state index is -0.851. The molecular formula is C17H23NO3. The maximum Gasteiger partial charge on any atom is 0.307 e. The summed E-state index contributed by atoms with van der Waals surface area (Å²) in [4.78, 5) is 23.6. The predicted octanol–water partition coefficient (Wildman–Crippen LogP) is 3.06. The average molecular weight is 289 g/mol. The van der Waals surface area contributed by atoms with Gasteiger partial charge in [-0.3, -0.25) is 9.59 Å². The minimum absolute atomic E-state index is 0.0480. The van der Waals surface area contributed by atoms with Gasteiger partial charge in [0, 0.05) is 0 Å². The number of hydrogen-bond donors (Lipinski definition) is 2. The minimum Gasteiger partial charge on any atom is -0.481 e. The van der Waals surface area contributed by atoms with Crippen LogP contribution >= 0.6 is 0 Å². The van der Waals surface area contributed by atoms with E-state index < -0.39 is 11.9 Å². The number of rotatable bonds is 5. The smallest absolute Gasteiger partial charge is 0.307 e. The molecule has 1 fully saturated rings. The third-order valence-electron chi connectivity index (χ3n) is 4.37. The largest absolute Gasteiger partial charge is 0.481 e. The number of aliphatic carboxylic acids is 1. The second-order valence-electron chi connectivity index (χ2n) is 5.86. The van der Waals surface area contributed by atoms with Crippen molar-refractivity contribution in [3.05, 3.63) is 35.4 Å². The van der Waals surface area contributed by atoms with Gasteiger partial charge in [0.2, 0.25) is 5.91 Å². The monoisotopic (exact) mass is 289 g/mol. The molecule has 0 aliphatic heterocycles. The lowest BCUT2D eigenvalue weighted by Crippen LogP contribution is -2.37. The lowest BCUT2D eigenvalue weighted by atomic mass is 9.94. The Morgan fingerprint density at radius 3 is 2.43 bits per heavy atom. The highest BCUT2D eigenvalue weighted by molar-refractivity contribution is 5.85. The summed E-state index contributed by atoms with van der Waals surface area (Å²) in [7, 11) is 0. The van der Waals surface area contributed by atoms with Gasteiger partial charge in [0.25, 0.3) is 0 Å². The number of aryl methyl sites for hydroxylation is 1. The van der Waals surface area contributed by atoms with Crippen molar-refractivity contribution in [3.8, 4) is 0 Å². The topological polar surface area (TPSA) is 66.4 Å². The zero-order chi connectivity index (χ0) is 15.4. The van der Waals surface area contributed by atoms with Crippen LogP contribution in [0.3, 0.4) is 0 Å². The summed E-state index contributed by atoms with van der Waals surface area (Å²) in [6, 6.07) is 8.05. The van der Waals surface area contributed by atoms with Gasteiger partial charge in [-0.25, -0.2) is 0 Å². The first-order valence-corrected chi connectivity index (χ1v) is 7.62. The summed E-state index contributed by atoms with van der Waals surface area (Å²) >= 11 is 0. The number of carbonyl (C=O) groups is 2. The molecule has 0 radical (unpaired) electrons. The van der Waals surface area contributed by atoms with Gasteiger partial charge in [-0.15, -0.1) is 0 Å². The van der Waals surface area contributed by atoms with Crippen LogP contribution in [-0.2, 0) is 9.59 Å². The highest BCUT2D eigenvalue weighted by Gasteiger charge is 2.38. The maximum absolute atomic E-state index is 12.4. The van der Waals surface area contributed by atoms with E-state index in [9.17, 15) is 14.7 Å². The predicted molar refractivity (Wildman–Crippen MR) is 80.8 cm³/mol. The molecule has 1 amide bonds. The van der Waals surface area contributed by atoms with E-state index in [1.165, 1.54) is 5.56 Å². The quantitative estimate of drug-likeness (QED) is 0.875. The van der Waals surface area contributed by atoms with Gasteiger partial charge in [-0.1, -0.05) is 43.2 Å². The molecule has 0 heterocycles. The Bertz CT molecular complexity index is 509. The van der Waals surface area contributed by atoms with Gasteiger partial charge in [0.1, 0.15) is 0 Å². The first-order valence-electron chi connectivity index (χ1n) is 7.62. The van der Waals surface area contributed by atoms with Crippen LogP contribution in [0, 0.1) is 18.8 Å². The van der Waals surface area contributed by atoms with Crippen molar-refractivity contribution in [1.82, 2.24) is 5.32 Å². The molecule has 21 heavy (non-hydrogen) atoms. The van der Waals surface area contributed by atoms with Gasteiger partial charge >= 0.3 is 5.97 Å². The van der Waals surface area contributed by atoms with Gasteiger partial charge in [0.05, 0.1) is 17.9 Å². The second-order valence-corrected chi connectivity index (χ2v) is 5.86. The molecule has 1 aromatic carbocycles. The van der Waals surface area contributed by atoms with Crippen LogP contribution in [-0.4, -0.2) is 17.0 Å². The van der Waals surface area contributed by atoms with Crippen molar-refractivity contribution in [2.75, 3.05) is 0 Å². The van der Waals surface area contributed by atoms with Gasteiger partial charge < -0.3 is 10.4 Å². The highest BCUT2D eigenvalue weighted by atomic mass is 16.4. The van der Waals surface area contributed by atoms with E-state index in [1.54, 1.807) is 0 Å². The Labute approximate surface area is 125 Å². The molecule has 1 aliphatic carbocycles. The average Bonchev–Trinajstić information content (AvgIpc) is 2.95. The molecule has 0 spiro atoms. The van der Waals surface area contributed by atoms with Crippen molar-refractivity contribution in [3.63, 3.8) is 0 Å². The first-order chi connectivity index (χ1) is 10.0. The highest BCUT2D eigenvalue weighted by Crippen LogP contribution is 2.32. The zero-order valence-corrected chi connectivity index (χ0v) is 12.6. The molecule has 1 saturated carbocycles. The molecule has 0 aromatic heterocycles. The Morgan fingerprint density at radius 1 is 1.24 bits per heavy atom. The molecule has 1 aliphatic rings. The Kier molecular flexibility index (Phi) is 4.99. The van der Waals surface area contributed by atoms with Crippen molar-refractivity contribution >= 4 is 11.9 Å². The molecule has 4 nitrogen and oxygen atoms in total. The van der Waals surface area contributed by atoms with E-state index >= 15 is 0 Å². The molecule has 2 rings (SSSR count). The van der Waals surface area contributed by atoms with Crippen molar-refractivity contribution in [1.29, 1.82) is 0 Å². The van der Waals surface area contributed by atoms with Gasteiger partial charge in [-0.05, 0) is 31.7 Å². The fourth-order valence-corrected chi connectivity index (χ4v) is 3.07. The summed E-state index contributed by atoms with van der Waals surface area (Å²) in [5.41, 5.74) is 2.25. The third-order valence-corrected chi connectivity index (χ3v) is 4.37. The number of benzene rings is 1. The van der Waals surface area contributed by atoms with E-state index in [-0.39, 0.29) is 17.9 Å². The number of carboxylic acids is 1. The van der Waals surface area contributed by atoms with Crippen LogP contribution < -0.4 is 5.32 Å². The first kappa shape index (κ1) is 15.5. The molecule has 0 saturated heterocycles. The summed E-state index contributed by atoms with van der Waals surface area (Å²) in [6.07, 6.45) is 2.89. The summed E-state index contributed by atoms with van der Waals surface area (Å²) in [5.74, 6) is -1.88. The molecule has 3 atom stereocenters. The zero-order valence-electron chi connectivity index (χ0n) is 12.6. The fourth-order valence-electron chi connectivity index (χ4n) is 3.07. The van der Waals surface area contributed by atoms with Crippen LogP contribution in [0.4, 0.5) is 0 Å². The maximum atomic E-state index is 12.4. The Balaban J connectivity index is 2.06. The van der Waals surface area contributed by atoms with Gasteiger partial charge in [0.15, 0.2) is 0 Å². The van der Waals surface area contributed by atoms with Crippen LogP contribution in [0.1, 0.15) is 49.8 Å². The number of hydrogen-bond acceptors (Lipinski definition) is 2. The molecule has 3 unspecified atom stereocenters. The van der Waals surface area contributed by atoms with E-state index in [4.69, 9.17) is 0 Å². The molecule has 0 bridgehead atoms. The molecule has 1 aromatic rings. The molecular weight excluding hydrogens is 266 g/mol. The number of nitrogens with one attached hydrogen (secondary N) is 1. The van der Waals surface area contributed by atoms with E-state index in [0.717, 1.165) is 18.4 Å². The SMILES string of the molecule is CCC(NC(=O)C1CCCC1C(=O)O)c1ccc(C)cc1. The van der Waals surface area contributed by atoms with E-state index in [1.807, 2.05) is 38.1 Å². The van der Waals surface area contributed by atoms with Crippen molar-refractivity contribution in [2.45, 2.75) is 45.6 Å². The normalized spacial score (nSPS) is 22.8. The van der Waals surface area contributed by atoms with Crippen molar-refractivity contribution < 1.29 is 14.7 Å². The van der Waals surface area contributed by atoms with Crippen molar-refractivity contribution in [2.24, 2.45) is 11.8 Å². The molecule has 2 N–H and O–H groups in total. The number of amides is 1. The summed E-state index contributed by atoms with van der Waals surface area (Å²) < 4.78 is 0. The van der Waals surface area contributed by atoms with Gasteiger partial charge in [-0.2, -0.15) is 0 Å². The van der Waals surface area contributed by atoms with Crippen LogP contribution in [0.2, 0.25) is 0 Å². The lowest BCUT2D eigenvalue weighted by molar-refractivity contribution is -0.146.